The van der Waals surface area contributed by atoms with Gasteiger partial charge in [0.25, 0.3) is 11.8 Å². The van der Waals surface area contributed by atoms with Crippen molar-refractivity contribution in [3.8, 4) is 5.75 Å². The average molecular weight is 364 g/mol. The van der Waals surface area contributed by atoms with Crippen molar-refractivity contribution in [2.24, 2.45) is 0 Å². The van der Waals surface area contributed by atoms with Gasteiger partial charge in [-0.3, -0.25) is 14.7 Å². The highest BCUT2D eigenvalue weighted by molar-refractivity contribution is 6.02. The van der Waals surface area contributed by atoms with E-state index in [1.165, 1.54) is 6.20 Å². The third kappa shape index (κ3) is 5.43. The van der Waals surface area contributed by atoms with E-state index in [0.29, 0.717) is 24.4 Å². The standard InChI is InChI=1S/C20H20N4O3/c25-18(14-27-16-9-5-2-6-10-16)23-17-13-22-24-19(17)20(26)21-12-11-15-7-3-1-4-8-15/h1-10,13H,11-12,14H2,(H,21,26)(H,22,24)(H,23,25). The Kier molecular flexibility index (Phi) is 6.19. The number of carbonyl (C=O) groups is 2. The first-order valence-corrected chi connectivity index (χ1v) is 8.55. The molecule has 0 fully saturated rings. The summed E-state index contributed by atoms with van der Waals surface area (Å²) in [5.41, 5.74) is 1.65. The summed E-state index contributed by atoms with van der Waals surface area (Å²) in [6, 6.07) is 18.9. The maximum absolute atomic E-state index is 12.3. The van der Waals surface area contributed by atoms with Crippen LogP contribution in [0.25, 0.3) is 0 Å². The second kappa shape index (κ2) is 9.19. The highest BCUT2D eigenvalue weighted by atomic mass is 16.5. The molecule has 0 aliphatic heterocycles. The molecular weight excluding hydrogens is 344 g/mol. The first-order valence-electron chi connectivity index (χ1n) is 8.55. The molecule has 0 spiro atoms. The minimum atomic E-state index is -0.376. The van der Waals surface area contributed by atoms with Gasteiger partial charge in [0, 0.05) is 6.54 Å². The van der Waals surface area contributed by atoms with Crippen molar-refractivity contribution in [1.29, 1.82) is 0 Å². The zero-order valence-corrected chi connectivity index (χ0v) is 14.6. The van der Waals surface area contributed by atoms with Gasteiger partial charge in [-0.2, -0.15) is 5.10 Å². The highest BCUT2D eigenvalue weighted by Gasteiger charge is 2.16. The lowest BCUT2D eigenvalue weighted by Crippen LogP contribution is -2.28. The van der Waals surface area contributed by atoms with Crippen molar-refractivity contribution in [2.45, 2.75) is 6.42 Å². The summed E-state index contributed by atoms with van der Waals surface area (Å²) in [7, 11) is 0. The molecular formula is C20H20N4O3. The van der Waals surface area contributed by atoms with E-state index in [9.17, 15) is 9.59 Å². The van der Waals surface area contributed by atoms with E-state index in [1.807, 2.05) is 48.5 Å². The average Bonchev–Trinajstić information content (AvgIpc) is 3.16. The Bertz CT molecular complexity index is 879. The molecule has 27 heavy (non-hydrogen) atoms. The van der Waals surface area contributed by atoms with Crippen LogP contribution >= 0.6 is 0 Å². The fourth-order valence-corrected chi connectivity index (χ4v) is 2.46. The summed E-state index contributed by atoms with van der Waals surface area (Å²) in [5, 5.41) is 11.9. The van der Waals surface area contributed by atoms with Gasteiger partial charge in [0.15, 0.2) is 6.61 Å². The Morgan fingerprint density at radius 1 is 1.00 bits per heavy atom. The largest absolute Gasteiger partial charge is 0.484 e. The molecule has 2 aromatic carbocycles. The van der Waals surface area contributed by atoms with Crippen molar-refractivity contribution in [1.82, 2.24) is 15.5 Å². The summed E-state index contributed by atoms with van der Waals surface area (Å²) >= 11 is 0. The molecule has 3 aromatic rings. The Balaban J connectivity index is 1.49. The molecule has 1 aromatic heterocycles. The summed E-state index contributed by atoms with van der Waals surface area (Å²) < 4.78 is 5.39. The van der Waals surface area contributed by atoms with Crippen LogP contribution in [0.2, 0.25) is 0 Å². The second-order valence-electron chi connectivity index (χ2n) is 5.80. The molecule has 0 saturated heterocycles. The molecule has 0 unspecified atom stereocenters. The van der Waals surface area contributed by atoms with Crippen LogP contribution in [0.15, 0.2) is 66.9 Å². The van der Waals surface area contributed by atoms with E-state index in [4.69, 9.17) is 4.74 Å². The molecule has 0 bridgehead atoms. The van der Waals surface area contributed by atoms with Crippen LogP contribution in [0.3, 0.4) is 0 Å². The van der Waals surface area contributed by atoms with E-state index in [2.05, 4.69) is 20.8 Å². The predicted octanol–water partition coefficient (Wildman–Crippen LogP) is 2.40. The molecule has 0 saturated carbocycles. The van der Waals surface area contributed by atoms with E-state index < -0.39 is 0 Å². The van der Waals surface area contributed by atoms with Gasteiger partial charge in [-0.1, -0.05) is 48.5 Å². The number of aromatic amines is 1. The van der Waals surface area contributed by atoms with Crippen molar-refractivity contribution in [3.63, 3.8) is 0 Å². The zero-order valence-electron chi connectivity index (χ0n) is 14.6. The number of anilines is 1. The molecule has 3 N–H and O–H groups in total. The maximum atomic E-state index is 12.3. The fraction of sp³-hybridized carbons (Fsp3) is 0.150. The van der Waals surface area contributed by atoms with Crippen LogP contribution in [0.4, 0.5) is 5.69 Å². The third-order valence-electron chi connectivity index (χ3n) is 3.80. The van der Waals surface area contributed by atoms with Gasteiger partial charge >= 0.3 is 0 Å². The number of rotatable bonds is 8. The first-order chi connectivity index (χ1) is 13.2. The number of nitrogens with zero attached hydrogens (tertiary/aromatic N) is 1. The number of H-pyrrole nitrogens is 1. The molecule has 0 aliphatic rings. The number of hydrogen-bond donors (Lipinski definition) is 3. The minimum Gasteiger partial charge on any atom is -0.484 e. The Morgan fingerprint density at radius 2 is 1.70 bits per heavy atom. The molecule has 138 valence electrons. The van der Waals surface area contributed by atoms with Crippen LogP contribution in [-0.2, 0) is 11.2 Å². The highest BCUT2D eigenvalue weighted by Crippen LogP contribution is 2.12. The number of aromatic nitrogens is 2. The SMILES string of the molecule is O=C(COc1ccccc1)Nc1cn[nH]c1C(=O)NCCc1ccccc1. The smallest absolute Gasteiger partial charge is 0.271 e. The van der Waals surface area contributed by atoms with Crippen LogP contribution in [0, 0.1) is 0 Å². The summed E-state index contributed by atoms with van der Waals surface area (Å²) in [4.78, 5) is 24.4. The number of carbonyl (C=O) groups excluding carboxylic acids is 2. The Morgan fingerprint density at radius 3 is 2.44 bits per heavy atom. The van der Waals surface area contributed by atoms with Gasteiger partial charge in [0.1, 0.15) is 11.4 Å². The quantitative estimate of drug-likeness (QED) is 0.572. The molecule has 7 heteroatoms. The molecule has 0 radical (unpaired) electrons. The van der Waals surface area contributed by atoms with Crippen molar-refractivity contribution >= 4 is 17.5 Å². The lowest BCUT2D eigenvalue weighted by atomic mass is 10.1. The van der Waals surface area contributed by atoms with E-state index >= 15 is 0 Å². The molecule has 0 atom stereocenters. The lowest BCUT2D eigenvalue weighted by Gasteiger charge is -2.08. The second-order valence-corrected chi connectivity index (χ2v) is 5.80. The number of nitrogens with one attached hydrogen (secondary N) is 3. The van der Waals surface area contributed by atoms with Gasteiger partial charge < -0.3 is 15.4 Å². The molecule has 3 rings (SSSR count). The number of para-hydroxylation sites is 1. The molecule has 0 aliphatic carbocycles. The zero-order chi connectivity index (χ0) is 18.9. The summed E-state index contributed by atoms with van der Waals surface area (Å²) in [6.07, 6.45) is 2.11. The first kappa shape index (κ1) is 18.2. The van der Waals surface area contributed by atoms with E-state index in [1.54, 1.807) is 12.1 Å². The summed E-state index contributed by atoms with van der Waals surface area (Å²) in [5.74, 6) is -0.111. The number of ether oxygens (including phenoxy) is 1. The van der Waals surface area contributed by atoms with Crippen molar-refractivity contribution in [2.75, 3.05) is 18.5 Å². The van der Waals surface area contributed by atoms with Crippen LogP contribution in [0.5, 0.6) is 5.75 Å². The number of hydrogen-bond acceptors (Lipinski definition) is 4. The lowest BCUT2D eigenvalue weighted by molar-refractivity contribution is -0.118. The van der Waals surface area contributed by atoms with E-state index in [0.717, 1.165) is 5.56 Å². The van der Waals surface area contributed by atoms with E-state index in [-0.39, 0.29) is 24.1 Å². The predicted molar refractivity (Wildman–Crippen MR) is 102 cm³/mol. The minimum absolute atomic E-state index is 0.162. The topological polar surface area (TPSA) is 96.1 Å². The van der Waals surface area contributed by atoms with Crippen LogP contribution < -0.4 is 15.4 Å². The summed E-state index contributed by atoms with van der Waals surface area (Å²) in [6.45, 7) is 0.316. The van der Waals surface area contributed by atoms with Gasteiger partial charge in [-0.15, -0.1) is 0 Å². The molecule has 2 amide bonds. The van der Waals surface area contributed by atoms with Gasteiger partial charge in [0.05, 0.1) is 11.9 Å². The monoisotopic (exact) mass is 364 g/mol. The molecule has 7 nitrogen and oxygen atoms in total. The third-order valence-corrected chi connectivity index (χ3v) is 3.80. The normalized spacial score (nSPS) is 10.2. The van der Waals surface area contributed by atoms with Crippen molar-refractivity contribution < 1.29 is 14.3 Å². The Hall–Kier alpha value is -3.61. The number of benzene rings is 2. The van der Waals surface area contributed by atoms with Crippen molar-refractivity contribution in [3.05, 3.63) is 78.1 Å². The van der Waals surface area contributed by atoms with Gasteiger partial charge in [0.2, 0.25) is 0 Å². The van der Waals surface area contributed by atoms with Crippen LogP contribution in [0.1, 0.15) is 16.1 Å². The fourth-order valence-electron chi connectivity index (χ4n) is 2.46. The Labute approximate surface area is 156 Å². The maximum Gasteiger partial charge on any atom is 0.271 e. The van der Waals surface area contributed by atoms with Gasteiger partial charge in [-0.05, 0) is 24.1 Å². The van der Waals surface area contributed by atoms with Gasteiger partial charge in [-0.25, -0.2) is 0 Å². The number of amides is 2. The van der Waals surface area contributed by atoms with Crippen LogP contribution in [-0.4, -0.2) is 35.2 Å². The molecule has 1 heterocycles.